The largest absolute Gasteiger partial charge is 0.497 e. The maximum absolute atomic E-state index is 11.6. The topological polar surface area (TPSA) is 55.8 Å². The third-order valence-electron chi connectivity index (χ3n) is 4.07. The highest BCUT2D eigenvalue weighted by Gasteiger charge is 2.20. The summed E-state index contributed by atoms with van der Waals surface area (Å²) in [7, 11) is 1.58. The molecule has 26 heavy (non-hydrogen) atoms. The van der Waals surface area contributed by atoms with E-state index in [9.17, 15) is 9.90 Å². The molecule has 1 N–H and O–H groups in total. The van der Waals surface area contributed by atoms with Crippen molar-refractivity contribution in [2.75, 3.05) is 7.11 Å². The summed E-state index contributed by atoms with van der Waals surface area (Å²) in [6, 6.07) is 24.8. The summed E-state index contributed by atoms with van der Waals surface area (Å²) in [6.07, 6.45) is -0.711. The number of ether oxygens (including phenoxy) is 2. The molecule has 132 valence electrons. The van der Waals surface area contributed by atoms with Crippen LogP contribution in [0.1, 0.15) is 5.56 Å². The third kappa shape index (κ3) is 4.42. The first-order chi connectivity index (χ1) is 12.7. The lowest BCUT2D eigenvalue weighted by atomic mass is 10.1. The summed E-state index contributed by atoms with van der Waals surface area (Å²) >= 11 is 0. The van der Waals surface area contributed by atoms with E-state index in [0.717, 1.165) is 16.7 Å². The van der Waals surface area contributed by atoms with Gasteiger partial charge in [-0.3, -0.25) is 0 Å². The lowest BCUT2D eigenvalue weighted by Gasteiger charge is -2.16. The number of benzene rings is 3. The Morgan fingerprint density at radius 3 is 2.23 bits per heavy atom. The van der Waals surface area contributed by atoms with Gasteiger partial charge in [-0.2, -0.15) is 0 Å². The summed E-state index contributed by atoms with van der Waals surface area (Å²) in [6.45, 7) is 0. The second-order valence-electron chi connectivity index (χ2n) is 5.89. The zero-order valence-electron chi connectivity index (χ0n) is 14.5. The van der Waals surface area contributed by atoms with Gasteiger partial charge in [0.2, 0.25) is 0 Å². The van der Waals surface area contributed by atoms with Crippen LogP contribution in [0.4, 0.5) is 0 Å². The van der Waals surface area contributed by atoms with E-state index in [1.165, 1.54) is 0 Å². The molecule has 3 aromatic rings. The smallest absolute Gasteiger partial charge is 0.345 e. The minimum absolute atomic E-state index is 0.257. The van der Waals surface area contributed by atoms with E-state index in [1.807, 2.05) is 66.7 Å². The standard InChI is InChI=1S/C22H20O4/c1-25-20-9-5-6-16(14-20)15-21(22(23)24)26-19-12-10-18(11-13-19)17-7-3-2-4-8-17/h2-14,21H,15H2,1H3,(H,23,24). The van der Waals surface area contributed by atoms with Crippen LogP contribution >= 0.6 is 0 Å². The van der Waals surface area contributed by atoms with Crippen LogP contribution in [0.5, 0.6) is 11.5 Å². The Morgan fingerprint density at radius 2 is 1.58 bits per heavy atom. The Balaban J connectivity index is 1.72. The fraction of sp³-hybridized carbons (Fsp3) is 0.136. The molecule has 0 amide bonds. The van der Waals surface area contributed by atoms with Crippen LogP contribution in [-0.2, 0) is 11.2 Å². The first kappa shape index (κ1) is 17.5. The van der Waals surface area contributed by atoms with Crippen molar-refractivity contribution >= 4 is 5.97 Å². The van der Waals surface area contributed by atoms with Gasteiger partial charge in [-0.1, -0.05) is 54.6 Å². The molecule has 0 aliphatic heterocycles. The van der Waals surface area contributed by atoms with Gasteiger partial charge >= 0.3 is 5.97 Å². The fourth-order valence-corrected chi connectivity index (χ4v) is 2.71. The Kier molecular flexibility index (Phi) is 5.54. The Hall–Kier alpha value is -3.27. The number of aliphatic carboxylic acids is 1. The van der Waals surface area contributed by atoms with E-state index >= 15 is 0 Å². The van der Waals surface area contributed by atoms with Crippen molar-refractivity contribution in [3.8, 4) is 22.6 Å². The molecule has 0 spiro atoms. The van der Waals surface area contributed by atoms with E-state index in [-0.39, 0.29) is 6.42 Å². The molecule has 4 nitrogen and oxygen atoms in total. The summed E-state index contributed by atoms with van der Waals surface area (Å²) in [5.41, 5.74) is 3.00. The van der Waals surface area contributed by atoms with Gasteiger partial charge in [-0.15, -0.1) is 0 Å². The van der Waals surface area contributed by atoms with E-state index in [1.54, 1.807) is 19.2 Å². The number of hydrogen-bond acceptors (Lipinski definition) is 3. The van der Waals surface area contributed by atoms with Gasteiger partial charge in [0.1, 0.15) is 11.5 Å². The average Bonchev–Trinajstić information content (AvgIpc) is 2.69. The van der Waals surface area contributed by atoms with E-state index in [0.29, 0.717) is 11.5 Å². The van der Waals surface area contributed by atoms with Crippen LogP contribution in [0.25, 0.3) is 11.1 Å². The van der Waals surface area contributed by atoms with Gasteiger partial charge in [-0.05, 0) is 41.0 Å². The zero-order valence-corrected chi connectivity index (χ0v) is 14.5. The van der Waals surface area contributed by atoms with Gasteiger partial charge < -0.3 is 14.6 Å². The van der Waals surface area contributed by atoms with Crippen LogP contribution in [0.2, 0.25) is 0 Å². The highest BCUT2D eigenvalue weighted by Crippen LogP contribution is 2.23. The molecular formula is C22H20O4. The minimum atomic E-state index is -1.00. The van der Waals surface area contributed by atoms with Crippen molar-refractivity contribution in [1.29, 1.82) is 0 Å². The number of carbonyl (C=O) groups is 1. The number of carboxylic acids is 1. The predicted octanol–water partition coefficient (Wildman–Crippen LogP) is 4.44. The second-order valence-corrected chi connectivity index (χ2v) is 5.89. The maximum atomic E-state index is 11.6. The maximum Gasteiger partial charge on any atom is 0.345 e. The van der Waals surface area contributed by atoms with Crippen molar-refractivity contribution < 1.29 is 19.4 Å². The quantitative estimate of drug-likeness (QED) is 0.686. The summed E-state index contributed by atoms with van der Waals surface area (Å²) in [5, 5.41) is 9.50. The summed E-state index contributed by atoms with van der Waals surface area (Å²) in [5.74, 6) is 0.221. The van der Waals surface area contributed by atoms with Crippen LogP contribution in [0.15, 0.2) is 78.9 Å². The number of rotatable bonds is 7. The highest BCUT2D eigenvalue weighted by atomic mass is 16.5. The Labute approximate surface area is 152 Å². The highest BCUT2D eigenvalue weighted by molar-refractivity contribution is 5.73. The Morgan fingerprint density at radius 1 is 0.885 bits per heavy atom. The van der Waals surface area contributed by atoms with Crippen molar-refractivity contribution in [3.63, 3.8) is 0 Å². The minimum Gasteiger partial charge on any atom is -0.497 e. The summed E-state index contributed by atoms with van der Waals surface area (Å²) in [4.78, 5) is 11.6. The number of methoxy groups -OCH3 is 1. The van der Waals surface area contributed by atoms with Crippen molar-refractivity contribution in [2.45, 2.75) is 12.5 Å². The molecule has 0 heterocycles. The van der Waals surface area contributed by atoms with Crippen LogP contribution in [-0.4, -0.2) is 24.3 Å². The van der Waals surface area contributed by atoms with Crippen molar-refractivity contribution in [3.05, 3.63) is 84.4 Å². The molecule has 3 rings (SSSR count). The van der Waals surface area contributed by atoms with Crippen molar-refractivity contribution in [1.82, 2.24) is 0 Å². The van der Waals surface area contributed by atoms with Crippen LogP contribution in [0.3, 0.4) is 0 Å². The van der Waals surface area contributed by atoms with E-state index < -0.39 is 12.1 Å². The lowest BCUT2D eigenvalue weighted by Crippen LogP contribution is -2.29. The molecule has 0 aliphatic rings. The van der Waals surface area contributed by atoms with Crippen LogP contribution in [0, 0.1) is 0 Å². The van der Waals surface area contributed by atoms with E-state index in [4.69, 9.17) is 9.47 Å². The third-order valence-corrected chi connectivity index (χ3v) is 4.07. The van der Waals surface area contributed by atoms with Gasteiger partial charge in [0.15, 0.2) is 6.10 Å². The second kappa shape index (κ2) is 8.21. The normalized spacial score (nSPS) is 11.6. The summed E-state index contributed by atoms with van der Waals surface area (Å²) < 4.78 is 10.9. The molecule has 0 saturated carbocycles. The molecular weight excluding hydrogens is 328 g/mol. The first-order valence-corrected chi connectivity index (χ1v) is 8.33. The predicted molar refractivity (Wildman–Crippen MR) is 101 cm³/mol. The molecule has 0 aromatic heterocycles. The zero-order chi connectivity index (χ0) is 18.4. The first-order valence-electron chi connectivity index (χ1n) is 8.33. The molecule has 0 radical (unpaired) electrons. The molecule has 1 atom stereocenters. The number of hydrogen-bond donors (Lipinski definition) is 1. The molecule has 0 fully saturated rings. The SMILES string of the molecule is COc1cccc(CC(Oc2ccc(-c3ccccc3)cc2)C(=O)O)c1. The van der Waals surface area contributed by atoms with Crippen LogP contribution < -0.4 is 9.47 Å². The number of carboxylic acid groups (broad SMARTS) is 1. The van der Waals surface area contributed by atoms with E-state index in [2.05, 4.69) is 0 Å². The molecule has 0 aliphatic carbocycles. The van der Waals surface area contributed by atoms with Gasteiger partial charge in [-0.25, -0.2) is 4.79 Å². The lowest BCUT2D eigenvalue weighted by molar-refractivity contribution is -0.145. The molecule has 0 bridgehead atoms. The monoisotopic (exact) mass is 348 g/mol. The van der Waals surface area contributed by atoms with Gasteiger partial charge in [0, 0.05) is 6.42 Å². The molecule has 3 aromatic carbocycles. The van der Waals surface area contributed by atoms with Gasteiger partial charge in [0.05, 0.1) is 7.11 Å². The average molecular weight is 348 g/mol. The fourth-order valence-electron chi connectivity index (χ4n) is 2.71. The molecule has 4 heteroatoms. The molecule has 0 saturated heterocycles. The molecule has 1 unspecified atom stereocenters. The Bertz CT molecular complexity index is 857. The van der Waals surface area contributed by atoms with Crippen molar-refractivity contribution in [2.24, 2.45) is 0 Å². The van der Waals surface area contributed by atoms with Gasteiger partial charge in [0.25, 0.3) is 0 Å².